The second-order valence-electron chi connectivity index (χ2n) is 4.43. The Morgan fingerprint density at radius 1 is 1.30 bits per heavy atom. The van der Waals surface area contributed by atoms with E-state index in [0.29, 0.717) is 11.6 Å². The Hall–Kier alpha value is -2.21. The highest BCUT2D eigenvalue weighted by molar-refractivity contribution is 6.32. The number of halogens is 1. The van der Waals surface area contributed by atoms with E-state index in [9.17, 15) is 10.1 Å². The molecule has 0 atom stereocenters. The Morgan fingerprint density at radius 3 is 2.90 bits per heavy atom. The Balaban J connectivity index is 1.91. The van der Waals surface area contributed by atoms with Gasteiger partial charge in [0.25, 0.3) is 5.69 Å². The molecular weight excluding hydrogens is 282 g/mol. The molecule has 7 heteroatoms. The van der Waals surface area contributed by atoms with Crippen LogP contribution >= 0.6 is 11.6 Å². The quantitative estimate of drug-likeness (QED) is 0.640. The van der Waals surface area contributed by atoms with Crippen LogP contribution in [0.15, 0.2) is 24.5 Å². The molecule has 0 saturated carbocycles. The molecule has 1 aromatic heterocycles. The van der Waals surface area contributed by atoms with Gasteiger partial charge in [-0.2, -0.15) is 0 Å². The molecule has 1 aliphatic rings. The highest BCUT2D eigenvalue weighted by Crippen LogP contribution is 2.33. The van der Waals surface area contributed by atoms with Gasteiger partial charge < -0.3 is 4.74 Å². The topological polar surface area (TPSA) is 78.2 Å². The zero-order valence-corrected chi connectivity index (χ0v) is 11.1. The van der Waals surface area contributed by atoms with Crippen molar-refractivity contribution in [2.75, 3.05) is 0 Å². The third-order valence-corrected chi connectivity index (χ3v) is 3.47. The van der Waals surface area contributed by atoms with E-state index in [1.807, 2.05) is 0 Å². The summed E-state index contributed by atoms with van der Waals surface area (Å²) in [7, 11) is 0. The first kappa shape index (κ1) is 12.8. The summed E-state index contributed by atoms with van der Waals surface area (Å²) in [6.45, 7) is 0. The zero-order valence-electron chi connectivity index (χ0n) is 10.4. The van der Waals surface area contributed by atoms with Crippen LogP contribution in [0.4, 0.5) is 5.69 Å². The van der Waals surface area contributed by atoms with E-state index in [1.165, 1.54) is 24.5 Å². The van der Waals surface area contributed by atoms with Crippen molar-refractivity contribution >= 4 is 17.3 Å². The van der Waals surface area contributed by atoms with E-state index < -0.39 is 4.92 Å². The first-order valence-corrected chi connectivity index (χ1v) is 6.47. The number of ether oxygens (including phenoxy) is 1. The van der Waals surface area contributed by atoms with Gasteiger partial charge in [-0.25, -0.2) is 9.97 Å². The molecular formula is C13H10ClN3O3. The molecule has 1 heterocycles. The average Bonchev–Trinajstić information content (AvgIpc) is 2.87. The maximum absolute atomic E-state index is 10.7. The van der Waals surface area contributed by atoms with E-state index in [1.54, 1.807) is 0 Å². The van der Waals surface area contributed by atoms with Crippen LogP contribution in [0.3, 0.4) is 0 Å². The van der Waals surface area contributed by atoms with Gasteiger partial charge in [-0.05, 0) is 25.3 Å². The predicted octanol–water partition coefficient (Wildman–Crippen LogP) is 3.32. The van der Waals surface area contributed by atoms with Gasteiger partial charge in [0.15, 0.2) is 0 Å². The van der Waals surface area contributed by atoms with Crippen LogP contribution < -0.4 is 4.74 Å². The number of hydrogen-bond donors (Lipinski definition) is 0. The molecule has 1 aromatic carbocycles. The molecule has 0 N–H and O–H groups in total. The smallest absolute Gasteiger partial charge is 0.288 e. The number of aryl methyl sites for hydroxylation is 1. The molecule has 0 spiro atoms. The molecule has 2 aromatic rings. The summed E-state index contributed by atoms with van der Waals surface area (Å²) in [5.74, 6) is 0.922. The second kappa shape index (κ2) is 5.05. The molecule has 0 aliphatic heterocycles. The molecule has 0 fully saturated rings. The van der Waals surface area contributed by atoms with Crippen molar-refractivity contribution in [2.45, 2.75) is 19.3 Å². The van der Waals surface area contributed by atoms with Gasteiger partial charge in [0.2, 0.25) is 5.88 Å². The van der Waals surface area contributed by atoms with Crippen molar-refractivity contribution < 1.29 is 9.66 Å². The van der Waals surface area contributed by atoms with Crippen molar-refractivity contribution in [2.24, 2.45) is 0 Å². The third-order valence-electron chi connectivity index (χ3n) is 3.17. The molecule has 1 aliphatic carbocycles. The molecule has 102 valence electrons. The summed E-state index contributed by atoms with van der Waals surface area (Å²) >= 11 is 5.85. The fourth-order valence-corrected chi connectivity index (χ4v) is 2.47. The van der Waals surface area contributed by atoms with Crippen molar-refractivity contribution in [3.63, 3.8) is 0 Å². The molecule has 3 rings (SSSR count). The number of fused-ring (bicyclic) bond motifs is 1. The molecule has 6 nitrogen and oxygen atoms in total. The fourth-order valence-electron chi connectivity index (χ4n) is 2.23. The minimum absolute atomic E-state index is 0.0400. The van der Waals surface area contributed by atoms with E-state index in [4.69, 9.17) is 16.3 Å². The number of nitro groups is 1. The van der Waals surface area contributed by atoms with Crippen molar-refractivity contribution in [3.05, 3.63) is 50.9 Å². The van der Waals surface area contributed by atoms with Crippen LogP contribution in [0.5, 0.6) is 11.6 Å². The van der Waals surface area contributed by atoms with E-state index >= 15 is 0 Å². The van der Waals surface area contributed by atoms with Crippen LogP contribution in [0, 0.1) is 10.1 Å². The minimum Gasteiger partial charge on any atom is -0.439 e. The molecule has 0 radical (unpaired) electrons. The summed E-state index contributed by atoms with van der Waals surface area (Å²) in [5, 5.41) is 10.7. The van der Waals surface area contributed by atoms with Crippen LogP contribution in [-0.2, 0) is 12.8 Å². The molecule has 20 heavy (non-hydrogen) atoms. The van der Waals surface area contributed by atoms with Gasteiger partial charge >= 0.3 is 0 Å². The van der Waals surface area contributed by atoms with Crippen molar-refractivity contribution in [1.82, 2.24) is 9.97 Å². The maximum Gasteiger partial charge on any atom is 0.288 e. The highest BCUT2D eigenvalue weighted by Gasteiger charge is 2.19. The van der Waals surface area contributed by atoms with E-state index in [2.05, 4.69) is 9.97 Å². The minimum atomic E-state index is -0.533. The predicted molar refractivity (Wildman–Crippen MR) is 72.2 cm³/mol. The first-order valence-electron chi connectivity index (χ1n) is 6.09. The van der Waals surface area contributed by atoms with E-state index in [0.717, 1.165) is 30.5 Å². The van der Waals surface area contributed by atoms with Gasteiger partial charge in [-0.3, -0.25) is 10.1 Å². The van der Waals surface area contributed by atoms with E-state index in [-0.39, 0.29) is 10.7 Å². The lowest BCUT2D eigenvalue weighted by Crippen LogP contribution is -1.97. The van der Waals surface area contributed by atoms with Gasteiger partial charge in [0, 0.05) is 17.7 Å². The summed E-state index contributed by atoms with van der Waals surface area (Å²) in [5.41, 5.74) is 1.86. The molecule has 0 amide bonds. The zero-order chi connectivity index (χ0) is 14.1. The second-order valence-corrected chi connectivity index (χ2v) is 4.84. The summed E-state index contributed by atoms with van der Waals surface area (Å²) in [6.07, 6.45) is 4.30. The Bertz CT molecular complexity index is 691. The third kappa shape index (κ3) is 2.30. The molecule has 0 saturated heterocycles. The number of aromatic nitrogens is 2. The van der Waals surface area contributed by atoms with Gasteiger partial charge in [-0.1, -0.05) is 11.6 Å². The fraction of sp³-hybridized carbons (Fsp3) is 0.231. The normalized spacial score (nSPS) is 13.1. The lowest BCUT2D eigenvalue weighted by atomic mass is 10.2. The number of rotatable bonds is 3. The van der Waals surface area contributed by atoms with Crippen LogP contribution in [0.1, 0.15) is 17.7 Å². The summed E-state index contributed by atoms with van der Waals surface area (Å²) in [4.78, 5) is 18.5. The number of benzene rings is 1. The van der Waals surface area contributed by atoms with Crippen molar-refractivity contribution in [3.8, 4) is 11.6 Å². The Labute approximate surface area is 119 Å². The Morgan fingerprint density at radius 2 is 2.15 bits per heavy atom. The highest BCUT2D eigenvalue weighted by atomic mass is 35.5. The largest absolute Gasteiger partial charge is 0.439 e. The first-order chi connectivity index (χ1) is 9.65. The van der Waals surface area contributed by atoms with Gasteiger partial charge in [0.05, 0.1) is 10.6 Å². The average molecular weight is 292 g/mol. The number of nitrogens with zero attached hydrogens (tertiary/aromatic N) is 3. The summed E-state index contributed by atoms with van der Waals surface area (Å²) in [6, 6.07) is 4.25. The van der Waals surface area contributed by atoms with Crippen LogP contribution in [0.2, 0.25) is 5.02 Å². The van der Waals surface area contributed by atoms with Crippen LogP contribution in [-0.4, -0.2) is 14.9 Å². The maximum atomic E-state index is 10.7. The monoisotopic (exact) mass is 291 g/mol. The standard InChI is InChI=1S/C13H10ClN3O3/c14-10-6-8(4-5-12(10)17(18)19)20-13-9-2-1-3-11(9)15-7-16-13/h4-7H,1-3H2. The Kier molecular flexibility index (Phi) is 3.23. The van der Waals surface area contributed by atoms with Gasteiger partial charge in [0.1, 0.15) is 17.1 Å². The SMILES string of the molecule is O=[N+]([O-])c1ccc(Oc2ncnc3c2CCC3)cc1Cl. The van der Waals surface area contributed by atoms with Crippen LogP contribution in [0.25, 0.3) is 0 Å². The molecule has 0 bridgehead atoms. The lowest BCUT2D eigenvalue weighted by molar-refractivity contribution is -0.384. The molecule has 0 unspecified atom stereocenters. The number of hydrogen-bond acceptors (Lipinski definition) is 5. The van der Waals surface area contributed by atoms with Gasteiger partial charge in [-0.15, -0.1) is 0 Å². The lowest BCUT2D eigenvalue weighted by Gasteiger charge is -2.08. The summed E-state index contributed by atoms with van der Waals surface area (Å²) < 4.78 is 5.68. The number of nitro benzene ring substituents is 1. The van der Waals surface area contributed by atoms with Crippen molar-refractivity contribution in [1.29, 1.82) is 0 Å².